The highest BCUT2D eigenvalue weighted by Gasteiger charge is 2.33. The van der Waals surface area contributed by atoms with Gasteiger partial charge in [-0.15, -0.1) is 0 Å². The summed E-state index contributed by atoms with van der Waals surface area (Å²) in [6, 6.07) is 16.3. The molecule has 0 bridgehead atoms. The van der Waals surface area contributed by atoms with Gasteiger partial charge in [0.1, 0.15) is 11.8 Å². The van der Waals surface area contributed by atoms with Gasteiger partial charge in [-0.25, -0.2) is 10.9 Å². The minimum absolute atomic E-state index is 0.150. The topological polar surface area (TPSA) is 53.6 Å². The van der Waals surface area contributed by atoms with Gasteiger partial charge in [0, 0.05) is 23.6 Å². The van der Waals surface area contributed by atoms with Crippen LogP contribution < -0.4 is 15.6 Å². The van der Waals surface area contributed by atoms with Crippen LogP contribution in [0.5, 0.6) is 5.75 Å². The number of hydrogen-bond acceptors (Lipinski definition) is 4. The third-order valence-electron chi connectivity index (χ3n) is 5.46. The van der Waals surface area contributed by atoms with Crippen LogP contribution in [0.2, 0.25) is 0 Å². The highest BCUT2D eigenvalue weighted by molar-refractivity contribution is 9.10. The van der Waals surface area contributed by atoms with Crippen molar-refractivity contribution in [3.63, 3.8) is 0 Å². The van der Waals surface area contributed by atoms with Crippen molar-refractivity contribution in [1.82, 2.24) is 15.8 Å². The Hall–Kier alpha value is -2.15. The highest BCUT2D eigenvalue weighted by Crippen LogP contribution is 2.27. The number of nitrogens with one attached hydrogen (secondary N) is 2. The Balaban J connectivity index is 1.36. The Labute approximate surface area is 173 Å². The van der Waals surface area contributed by atoms with E-state index in [0.29, 0.717) is 6.54 Å². The maximum atomic E-state index is 12.9. The molecule has 0 radical (unpaired) electrons. The molecule has 28 heavy (non-hydrogen) atoms. The van der Waals surface area contributed by atoms with E-state index >= 15 is 0 Å². The predicted molar refractivity (Wildman–Crippen MR) is 114 cm³/mol. The van der Waals surface area contributed by atoms with Crippen LogP contribution in [0.4, 0.5) is 0 Å². The number of ether oxygens (including phenoxy) is 1. The third kappa shape index (κ3) is 4.14. The molecular formula is C22H24BrN3O2. The molecular weight excluding hydrogens is 418 g/mol. The van der Waals surface area contributed by atoms with Crippen LogP contribution in [0.3, 0.4) is 0 Å². The number of halogens is 1. The summed E-state index contributed by atoms with van der Waals surface area (Å²) in [5, 5.41) is 0. The van der Waals surface area contributed by atoms with E-state index < -0.39 is 0 Å². The minimum Gasteiger partial charge on any atom is -0.497 e. The fraction of sp³-hybridized carbons (Fsp3) is 0.318. The van der Waals surface area contributed by atoms with Gasteiger partial charge in [0.15, 0.2) is 0 Å². The van der Waals surface area contributed by atoms with Gasteiger partial charge in [0.05, 0.1) is 7.11 Å². The summed E-state index contributed by atoms with van der Waals surface area (Å²) in [5.41, 5.74) is 10.1. The van der Waals surface area contributed by atoms with Crippen LogP contribution in [-0.2, 0) is 4.79 Å². The van der Waals surface area contributed by atoms with Crippen molar-refractivity contribution >= 4 is 27.4 Å². The van der Waals surface area contributed by atoms with E-state index in [2.05, 4.69) is 57.1 Å². The molecule has 2 heterocycles. The van der Waals surface area contributed by atoms with Crippen molar-refractivity contribution < 1.29 is 9.53 Å². The summed E-state index contributed by atoms with van der Waals surface area (Å²) < 4.78 is 6.28. The fourth-order valence-corrected chi connectivity index (χ4v) is 4.05. The van der Waals surface area contributed by atoms with Gasteiger partial charge < -0.3 is 9.64 Å². The molecule has 0 spiro atoms. The average Bonchev–Trinajstić information content (AvgIpc) is 3.24. The number of hydrogen-bond donors (Lipinski definition) is 2. The summed E-state index contributed by atoms with van der Waals surface area (Å²) in [4.78, 5) is 14.9. The van der Waals surface area contributed by atoms with Crippen LogP contribution in [0.15, 0.2) is 59.1 Å². The fourth-order valence-electron chi connectivity index (χ4n) is 3.79. The molecule has 0 aromatic heterocycles. The number of benzene rings is 2. The second kappa shape index (κ2) is 8.47. The Bertz CT molecular complexity index is 864. The van der Waals surface area contributed by atoms with Crippen LogP contribution in [0.25, 0.3) is 5.57 Å². The molecule has 6 heteroatoms. The Morgan fingerprint density at radius 3 is 2.50 bits per heavy atom. The van der Waals surface area contributed by atoms with E-state index in [1.165, 1.54) is 16.7 Å². The standard InChI is InChI=1S/C22H24BrN3O2/c1-28-19-8-4-15(5-9-19)16-10-12-26(13-11-16)22(27)21-14-20(24-25-21)17-2-6-18(23)7-3-17/h2-10,20-21,24-25H,11-14H2,1H3. The Kier molecular flexibility index (Phi) is 5.80. The molecule has 5 nitrogen and oxygen atoms in total. The Morgan fingerprint density at radius 1 is 1.11 bits per heavy atom. The van der Waals surface area contributed by atoms with Crippen LogP contribution in [0, 0.1) is 0 Å². The van der Waals surface area contributed by atoms with Crippen LogP contribution in [0.1, 0.15) is 30.0 Å². The minimum atomic E-state index is -0.190. The first-order valence-corrected chi connectivity index (χ1v) is 10.3. The number of methoxy groups -OCH3 is 1. The molecule has 146 valence electrons. The van der Waals surface area contributed by atoms with E-state index in [9.17, 15) is 4.79 Å². The molecule has 4 rings (SSSR count). The van der Waals surface area contributed by atoms with Gasteiger partial charge in [-0.1, -0.05) is 46.3 Å². The maximum Gasteiger partial charge on any atom is 0.241 e. The SMILES string of the molecule is COc1ccc(C2=CCN(C(=O)C3CC(c4ccc(Br)cc4)NN3)CC2)cc1. The summed E-state index contributed by atoms with van der Waals surface area (Å²) in [7, 11) is 1.67. The van der Waals surface area contributed by atoms with E-state index in [-0.39, 0.29) is 18.0 Å². The maximum absolute atomic E-state index is 12.9. The van der Waals surface area contributed by atoms with Gasteiger partial charge in [0.25, 0.3) is 0 Å². The lowest BCUT2D eigenvalue weighted by atomic mass is 9.98. The van der Waals surface area contributed by atoms with Crippen molar-refractivity contribution in [1.29, 1.82) is 0 Å². The van der Waals surface area contributed by atoms with Crippen molar-refractivity contribution in [3.8, 4) is 5.75 Å². The summed E-state index contributed by atoms with van der Waals surface area (Å²) in [5.74, 6) is 1.02. The largest absolute Gasteiger partial charge is 0.497 e. The van der Waals surface area contributed by atoms with Crippen molar-refractivity contribution in [2.45, 2.75) is 24.9 Å². The lowest BCUT2D eigenvalue weighted by Crippen LogP contribution is -2.46. The van der Waals surface area contributed by atoms with Crippen molar-refractivity contribution in [3.05, 3.63) is 70.2 Å². The zero-order chi connectivity index (χ0) is 19.5. The monoisotopic (exact) mass is 441 g/mol. The van der Waals surface area contributed by atoms with Crippen LogP contribution in [-0.4, -0.2) is 37.0 Å². The second-order valence-electron chi connectivity index (χ2n) is 7.17. The molecule has 1 fully saturated rings. The molecule has 2 aromatic rings. The first-order valence-electron chi connectivity index (χ1n) is 9.53. The smallest absolute Gasteiger partial charge is 0.241 e. The zero-order valence-electron chi connectivity index (χ0n) is 15.8. The molecule has 2 aromatic carbocycles. The van der Waals surface area contributed by atoms with Crippen LogP contribution >= 0.6 is 15.9 Å². The molecule has 2 aliphatic heterocycles. The number of carbonyl (C=O) groups excluding carboxylic acids is 1. The van der Waals surface area contributed by atoms with Gasteiger partial charge in [0.2, 0.25) is 5.91 Å². The van der Waals surface area contributed by atoms with Gasteiger partial charge in [-0.05, 0) is 53.8 Å². The number of amides is 1. The molecule has 2 N–H and O–H groups in total. The van der Waals surface area contributed by atoms with Crippen molar-refractivity contribution in [2.75, 3.05) is 20.2 Å². The lowest BCUT2D eigenvalue weighted by Gasteiger charge is -2.28. The van der Waals surface area contributed by atoms with E-state index in [4.69, 9.17) is 4.74 Å². The van der Waals surface area contributed by atoms with Gasteiger partial charge in [-0.2, -0.15) is 0 Å². The number of rotatable bonds is 4. The molecule has 2 atom stereocenters. The lowest BCUT2D eigenvalue weighted by molar-refractivity contribution is -0.132. The number of nitrogens with zero attached hydrogens (tertiary/aromatic N) is 1. The quantitative estimate of drug-likeness (QED) is 0.759. The number of hydrazine groups is 1. The van der Waals surface area contributed by atoms with E-state index in [0.717, 1.165) is 29.6 Å². The zero-order valence-corrected chi connectivity index (χ0v) is 17.4. The van der Waals surface area contributed by atoms with Gasteiger partial charge in [-0.3, -0.25) is 4.79 Å². The molecule has 2 unspecified atom stereocenters. The third-order valence-corrected chi connectivity index (χ3v) is 5.98. The Morgan fingerprint density at radius 2 is 1.86 bits per heavy atom. The highest BCUT2D eigenvalue weighted by atomic mass is 79.9. The summed E-state index contributed by atoms with van der Waals surface area (Å²) in [6.45, 7) is 1.40. The van der Waals surface area contributed by atoms with E-state index in [1.54, 1.807) is 7.11 Å². The number of carbonyl (C=O) groups is 1. The predicted octanol–water partition coefficient (Wildman–Crippen LogP) is 3.68. The van der Waals surface area contributed by atoms with Crippen molar-refractivity contribution in [2.24, 2.45) is 0 Å². The summed E-state index contributed by atoms with van der Waals surface area (Å²) in [6.07, 6.45) is 3.79. The first-order chi connectivity index (χ1) is 13.6. The average molecular weight is 442 g/mol. The molecule has 2 aliphatic rings. The first kappa shape index (κ1) is 19.2. The molecule has 0 aliphatic carbocycles. The summed E-state index contributed by atoms with van der Waals surface area (Å²) >= 11 is 3.46. The molecule has 0 saturated carbocycles. The molecule has 1 saturated heterocycles. The second-order valence-corrected chi connectivity index (χ2v) is 8.09. The molecule has 1 amide bonds. The van der Waals surface area contributed by atoms with Gasteiger partial charge >= 0.3 is 0 Å². The normalized spacial score (nSPS) is 22.1. The van der Waals surface area contributed by atoms with E-state index in [1.807, 2.05) is 29.2 Å².